The number of halogens is 1. The third-order valence-electron chi connectivity index (χ3n) is 3.11. The summed E-state index contributed by atoms with van der Waals surface area (Å²) in [5.41, 5.74) is 2.01. The van der Waals surface area contributed by atoms with Gasteiger partial charge in [0, 0.05) is 21.8 Å². The van der Waals surface area contributed by atoms with E-state index in [0.717, 1.165) is 21.8 Å². The van der Waals surface area contributed by atoms with Gasteiger partial charge in [-0.3, -0.25) is 4.11 Å². The Hall–Kier alpha value is -1.61. The number of benzene rings is 2. The third kappa shape index (κ3) is 1.50. The van der Waals surface area contributed by atoms with Gasteiger partial charge < -0.3 is 4.23 Å². The molecule has 0 radical (unpaired) electrons. The Labute approximate surface area is 101 Å². The van der Waals surface area contributed by atoms with Crippen LogP contribution in [0.4, 0.5) is 4.11 Å². The van der Waals surface area contributed by atoms with Crippen molar-refractivity contribution >= 4 is 30.4 Å². The van der Waals surface area contributed by atoms with Gasteiger partial charge in [0.15, 0.2) is 0 Å². The highest BCUT2D eigenvalue weighted by molar-refractivity contribution is 6.71. The van der Waals surface area contributed by atoms with Crippen molar-refractivity contribution in [3.05, 3.63) is 48.5 Å². The van der Waals surface area contributed by atoms with Crippen LogP contribution in [0.5, 0.6) is 0 Å². The minimum Gasteiger partial charge on any atom is -0.341 e. The van der Waals surface area contributed by atoms with E-state index in [4.69, 9.17) is 0 Å². The van der Waals surface area contributed by atoms with Crippen LogP contribution in [0.2, 0.25) is 13.1 Å². The van der Waals surface area contributed by atoms with Gasteiger partial charge >= 0.3 is 8.57 Å². The molecule has 86 valence electrons. The van der Waals surface area contributed by atoms with Crippen LogP contribution >= 0.6 is 0 Å². The fraction of sp³-hybridized carbons (Fsp3) is 0.143. The van der Waals surface area contributed by atoms with Crippen molar-refractivity contribution in [1.29, 1.82) is 0 Å². The predicted octanol–water partition coefficient (Wildman–Crippen LogP) is 4.31. The van der Waals surface area contributed by atoms with E-state index >= 15 is 0 Å². The van der Waals surface area contributed by atoms with Gasteiger partial charge in [-0.25, -0.2) is 0 Å². The van der Waals surface area contributed by atoms with Crippen molar-refractivity contribution in [1.82, 2.24) is 4.23 Å². The second-order valence-corrected chi connectivity index (χ2v) is 8.05. The van der Waals surface area contributed by atoms with Crippen LogP contribution in [-0.4, -0.2) is 12.8 Å². The molecule has 0 spiro atoms. The molecule has 0 aliphatic carbocycles. The maximum absolute atomic E-state index is 14.5. The molecule has 1 aromatic heterocycles. The van der Waals surface area contributed by atoms with Gasteiger partial charge in [0.2, 0.25) is 0 Å². The molecule has 1 heterocycles. The lowest BCUT2D eigenvalue weighted by Crippen LogP contribution is -2.30. The average molecular weight is 243 g/mol. The van der Waals surface area contributed by atoms with Crippen LogP contribution in [0, 0.1) is 0 Å². The molecule has 1 nitrogen and oxygen atoms in total. The fourth-order valence-corrected chi connectivity index (χ4v) is 4.03. The summed E-state index contributed by atoms with van der Waals surface area (Å²) >= 11 is 0. The van der Waals surface area contributed by atoms with E-state index in [0.29, 0.717) is 0 Å². The SMILES string of the molecule is C[Si](C)(F)n1c2ccccc2c2ccccc21. The largest absolute Gasteiger partial charge is 0.347 e. The molecule has 0 saturated carbocycles. The van der Waals surface area contributed by atoms with Crippen molar-refractivity contribution in [2.24, 2.45) is 0 Å². The predicted molar refractivity (Wildman–Crippen MR) is 73.4 cm³/mol. The highest BCUT2D eigenvalue weighted by atomic mass is 28.4. The Morgan fingerprint density at radius 1 is 0.824 bits per heavy atom. The number of aromatic nitrogens is 1. The molecule has 17 heavy (non-hydrogen) atoms. The normalized spacial score (nSPS) is 12.4. The molecule has 2 aromatic carbocycles. The first-order chi connectivity index (χ1) is 8.09. The third-order valence-corrected chi connectivity index (χ3v) is 4.66. The molecule has 0 saturated heterocycles. The Kier molecular flexibility index (Phi) is 2.13. The summed E-state index contributed by atoms with van der Waals surface area (Å²) in [6.45, 7) is 3.46. The first kappa shape index (κ1) is 10.5. The molecule has 3 heteroatoms. The topological polar surface area (TPSA) is 4.93 Å². The number of nitrogens with zero attached hydrogens (tertiary/aromatic N) is 1. The summed E-state index contributed by atoms with van der Waals surface area (Å²) in [6.07, 6.45) is 0. The molecule has 0 aliphatic rings. The Balaban J connectivity index is 2.60. The van der Waals surface area contributed by atoms with Crippen molar-refractivity contribution in [2.75, 3.05) is 0 Å². The monoisotopic (exact) mass is 243 g/mol. The zero-order chi connectivity index (χ0) is 12.0. The zero-order valence-electron chi connectivity index (χ0n) is 9.94. The molecule has 0 amide bonds. The second kappa shape index (κ2) is 3.44. The Morgan fingerprint density at radius 2 is 1.24 bits per heavy atom. The number of hydrogen-bond acceptors (Lipinski definition) is 0. The molecule has 0 atom stereocenters. The number of rotatable bonds is 1. The van der Waals surface area contributed by atoms with Crippen LogP contribution in [0.1, 0.15) is 0 Å². The maximum Gasteiger partial charge on any atom is 0.347 e. The van der Waals surface area contributed by atoms with Gasteiger partial charge in [-0.15, -0.1) is 0 Å². The number of para-hydroxylation sites is 2. The van der Waals surface area contributed by atoms with Crippen LogP contribution in [0.3, 0.4) is 0 Å². The summed E-state index contributed by atoms with van der Waals surface area (Å²) in [5.74, 6) is 0. The minimum absolute atomic E-state index is 1.01. The van der Waals surface area contributed by atoms with Gasteiger partial charge in [-0.05, 0) is 25.2 Å². The quantitative estimate of drug-likeness (QED) is 0.443. The fourth-order valence-electron chi connectivity index (χ4n) is 2.50. The molecule has 0 bridgehead atoms. The van der Waals surface area contributed by atoms with E-state index < -0.39 is 8.57 Å². The zero-order valence-corrected chi connectivity index (χ0v) is 10.9. The van der Waals surface area contributed by atoms with E-state index in [1.165, 1.54) is 0 Å². The van der Waals surface area contributed by atoms with Crippen LogP contribution < -0.4 is 0 Å². The number of fused-ring (bicyclic) bond motifs is 3. The van der Waals surface area contributed by atoms with Crippen molar-refractivity contribution in [3.8, 4) is 0 Å². The smallest absolute Gasteiger partial charge is 0.341 e. The molecular formula is C14H14FNSi. The molecule has 0 aliphatic heterocycles. The van der Waals surface area contributed by atoms with Gasteiger partial charge in [0.25, 0.3) is 0 Å². The van der Waals surface area contributed by atoms with Crippen molar-refractivity contribution in [3.63, 3.8) is 0 Å². The first-order valence-electron chi connectivity index (χ1n) is 5.76. The average Bonchev–Trinajstić information content (AvgIpc) is 2.63. The molecule has 3 rings (SSSR count). The highest BCUT2D eigenvalue weighted by Crippen LogP contribution is 2.31. The van der Waals surface area contributed by atoms with E-state index in [1.807, 2.05) is 40.6 Å². The Bertz CT molecular complexity index is 641. The van der Waals surface area contributed by atoms with Crippen LogP contribution in [-0.2, 0) is 0 Å². The highest BCUT2D eigenvalue weighted by Gasteiger charge is 2.27. The van der Waals surface area contributed by atoms with E-state index in [-0.39, 0.29) is 0 Å². The molecule has 3 aromatic rings. The lowest BCUT2D eigenvalue weighted by molar-refractivity contribution is 0.770. The number of hydrogen-bond donors (Lipinski definition) is 0. The summed E-state index contributed by atoms with van der Waals surface area (Å²) in [7, 11) is -2.89. The second-order valence-electron chi connectivity index (χ2n) is 4.78. The summed E-state index contributed by atoms with van der Waals surface area (Å²) in [6, 6.07) is 16.1. The Morgan fingerprint density at radius 3 is 1.65 bits per heavy atom. The summed E-state index contributed by atoms with van der Waals surface area (Å²) < 4.78 is 16.4. The van der Waals surface area contributed by atoms with E-state index in [2.05, 4.69) is 12.1 Å². The minimum atomic E-state index is -2.89. The summed E-state index contributed by atoms with van der Waals surface area (Å²) in [4.78, 5) is 0. The maximum atomic E-state index is 14.5. The molecule has 0 unspecified atom stereocenters. The van der Waals surface area contributed by atoms with Gasteiger partial charge in [-0.2, -0.15) is 0 Å². The molecule has 0 N–H and O–H groups in total. The van der Waals surface area contributed by atoms with E-state index in [9.17, 15) is 4.11 Å². The van der Waals surface area contributed by atoms with Gasteiger partial charge in [0.05, 0.1) is 0 Å². The van der Waals surface area contributed by atoms with Gasteiger partial charge in [-0.1, -0.05) is 36.4 Å². The van der Waals surface area contributed by atoms with Gasteiger partial charge in [0.1, 0.15) is 0 Å². The lowest BCUT2D eigenvalue weighted by Gasteiger charge is -2.16. The van der Waals surface area contributed by atoms with Crippen LogP contribution in [0.15, 0.2) is 48.5 Å². The van der Waals surface area contributed by atoms with Crippen molar-refractivity contribution in [2.45, 2.75) is 13.1 Å². The molecular weight excluding hydrogens is 229 g/mol. The lowest BCUT2D eigenvalue weighted by atomic mass is 10.2. The van der Waals surface area contributed by atoms with Crippen LogP contribution in [0.25, 0.3) is 21.8 Å². The standard InChI is InChI=1S/C14H14FNSi/c1-17(2,15)16-13-9-5-3-7-11(13)12-8-4-6-10-14(12)16/h3-10H,1-2H3. The van der Waals surface area contributed by atoms with E-state index in [1.54, 1.807) is 13.1 Å². The molecule has 0 fully saturated rings. The summed E-state index contributed by atoms with van der Waals surface area (Å²) in [5, 5.41) is 2.28. The first-order valence-corrected chi connectivity index (χ1v) is 8.59. The van der Waals surface area contributed by atoms with Crippen molar-refractivity contribution < 1.29 is 4.11 Å².